The number of carboxylic acids is 1. The summed E-state index contributed by atoms with van der Waals surface area (Å²) < 4.78 is 4.69. The molecule has 0 aliphatic heterocycles. The minimum absolute atomic E-state index is 0.0789. The molecule has 0 fully saturated rings. The van der Waals surface area contributed by atoms with Crippen LogP contribution in [-0.4, -0.2) is 33.3 Å². The smallest absolute Gasteiger partial charge is 0.325 e. The van der Waals surface area contributed by atoms with E-state index in [-0.39, 0.29) is 6.54 Å². The Balaban J connectivity index is 2.33. The molecule has 16 heavy (non-hydrogen) atoms. The normalized spacial score (nSPS) is 11.9. The van der Waals surface area contributed by atoms with Gasteiger partial charge in [0.25, 0.3) is 0 Å². The molecule has 0 spiro atoms. The third kappa shape index (κ3) is 3.56. The molecule has 0 saturated heterocycles. The van der Waals surface area contributed by atoms with E-state index in [1.54, 1.807) is 6.92 Å². The Kier molecular flexibility index (Phi) is 3.81. The van der Waals surface area contributed by atoms with Crippen molar-refractivity contribution in [2.45, 2.75) is 26.4 Å². The van der Waals surface area contributed by atoms with Crippen LogP contribution >= 0.6 is 0 Å². The van der Waals surface area contributed by atoms with Gasteiger partial charge >= 0.3 is 12.0 Å². The van der Waals surface area contributed by atoms with E-state index in [1.165, 1.54) is 6.92 Å². The number of aromatic nitrogens is 2. The molecule has 0 radical (unpaired) electrons. The summed E-state index contributed by atoms with van der Waals surface area (Å²) in [4.78, 5) is 25.5. The number of rotatable bonds is 4. The number of carbonyl (C=O) groups excluding carboxylic acids is 1. The highest BCUT2D eigenvalue weighted by molar-refractivity contribution is 5.81. The minimum Gasteiger partial charge on any atom is -0.480 e. The van der Waals surface area contributed by atoms with E-state index in [0.29, 0.717) is 11.7 Å². The first kappa shape index (κ1) is 12.0. The Bertz CT molecular complexity index is 389. The molecule has 0 unspecified atom stereocenters. The van der Waals surface area contributed by atoms with Crippen molar-refractivity contribution in [1.29, 1.82) is 0 Å². The van der Waals surface area contributed by atoms with Crippen LogP contribution in [0.15, 0.2) is 4.52 Å². The third-order valence-corrected chi connectivity index (χ3v) is 1.69. The Labute approximate surface area is 91.0 Å². The molecule has 8 nitrogen and oxygen atoms in total. The average molecular weight is 228 g/mol. The highest BCUT2D eigenvalue weighted by Crippen LogP contribution is 1.93. The highest BCUT2D eigenvalue weighted by Gasteiger charge is 2.13. The zero-order valence-electron chi connectivity index (χ0n) is 8.85. The molecule has 1 aromatic rings. The van der Waals surface area contributed by atoms with Crippen LogP contribution in [0.25, 0.3) is 0 Å². The van der Waals surface area contributed by atoms with E-state index in [2.05, 4.69) is 25.3 Å². The largest absolute Gasteiger partial charge is 0.480 e. The number of carboxylic acid groups (broad SMARTS) is 1. The van der Waals surface area contributed by atoms with Crippen LogP contribution in [0.2, 0.25) is 0 Å². The first-order valence-electron chi connectivity index (χ1n) is 4.55. The maximum atomic E-state index is 11.2. The summed E-state index contributed by atoms with van der Waals surface area (Å²) in [6, 6.07) is -1.55. The lowest BCUT2D eigenvalue weighted by Gasteiger charge is -2.09. The van der Waals surface area contributed by atoms with Gasteiger partial charge in [0.2, 0.25) is 5.89 Å². The summed E-state index contributed by atoms with van der Waals surface area (Å²) in [7, 11) is 0. The zero-order chi connectivity index (χ0) is 12.1. The summed E-state index contributed by atoms with van der Waals surface area (Å²) >= 11 is 0. The van der Waals surface area contributed by atoms with Crippen LogP contribution in [0, 0.1) is 6.92 Å². The Morgan fingerprint density at radius 3 is 2.75 bits per heavy atom. The fourth-order valence-electron chi connectivity index (χ4n) is 0.882. The Morgan fingerprint density at radius 1 is 1.56 bits per heavy atom. The maximum absolute atomic E-state index is 11.2. The van der Waals surface area contributed by atoms with Crippen LogP contribution < -0.4 is 10.6 Å². The van der Waals surface area contributed by atoms with E-state index in [4.69, 9.17) is 5.11 Å². The fraction of sp³-hybridized carbons (Fsp3) is 0.500. The quantitative estimate of drug-likeness (QED) is 0.648. The molecule has 0 aromatic carbocycles. The first-order chi connectivity index (χ1) is 7.49. The molecule has 88 valence electrons. The molecule has 1 atom stereocenters. The molecule has 0 bridgehead atoms. The van der Waals surface area contributed by atoms with Gasteiger partial charge in [-0.25, -0.2) is 4.79 Å². The van der Waals surface area contributed by atoms with Gasteiger partial charge in [-0.2, -0.15) is 4.98 Å². The van der Waals surface area contributed by atoms with Gasteiger partial charge in [-0.3, -0.25) is 4.79 Å². The van der Waals surface area contributed by atoms with Gasteiger partial charge in [0, 0.05) is 6.92 Å². The van der Waals surface area contributed by atoms with Crippen molar-refractivity contribution in [2.75, 3.05) is 0 Å². The van der Waals surface area contributed by atoms with Crippen LogP contribution in [0.5, 0.6) is 0 Å². The van der Waals surface area contributed by atoms with Gasteiger partial charge in [0.1, 0.15) is 6.04 Å². The average Bonchev–Trinajstić information content (AvgIpc) is 2.61. The van der Waals surface area contributed by atoms with Crippen molar-refractivity contribution in [2.24, 2.45) is 0 Å². The lowest BCUT2D eigenvalue weighted by molar-refractivity contribution is -0.138. The van der Waals surface area contributed by atoms with Crippen LogP contribution in [0.4, 0.5) is 4.79 Å². The van der Waals surface area contributed by atoms with E-state index < -0.39 is 18.0 Å². The number of aliphatic carboxylic acids is 1. The van der Waals surface area contributed by atoms with Crippen molar-refractivity contribution in [3.8, 4) is 0 Å². The molecular formula is C8H12N4O4. The number of carbonyl (C=O) groups is 2. The van der Waals surface area contributed by atoms with Gasteiger partial charge in [-0.15, -0.1) is 0 Å². The van der Waals surface area contributed by atoms with Crippen molar-refractivity contribution >= 4 is 12.0 Å². The first-order valence-corrected chi connectivity index (χ1v) is 4.55. The second kappa shape index (κ2) is 5.10. The van der Waals surface area contributed by atoms with E-state index >= 15 is 0 Å². The number of hydrogen-bond acceptors (Lipinski definition) is 5. The summed E-state index contributed by atoms with van der Waals surface area (Å²) in [5.41, 5.74) is 0. The molecule has 0 aliphatic rings. The number of nitrogens with zero attached hydrogens (tertiary/aromatic N) is 2. The lowest BCUT2D eigenvalue weighted by atomic mass is 10.3. The molecule has 1 aromatic heterocycles. The Hall–Kier alpha value is -2.12. The van der Waals surface area contributed by atoms with Crippen LogP contribution in [0.1, 0.15) is 18.6 Å². The summed E-state index contributed by atoms with van der Waals surface area (Å²) in [6.45, 7) is 3.07. The third-order valence-electron chi connectivity index (χ3n) is 1.69. The lowest BCUT2D eigenvalue weighted by Crippen LogP contribution is -2.44. The topological polar surface area (TPSA) is 117 Å². The maximum Gasteiger partial charge on any atom is 0.325 e. The van der Waals surface area contributed by atoms with E-state index in [9.17, 15) is 9.59 Å². The monoisotopic (exact) mass is 228 g/mol. The zero-order valence-corrected chi connectivity index (χ0v) is 8.85. The second-order valence-corrected chi connectivity index (χ2v) is 3.12. The molecule has 8 heteroatoms. The number of nitrogens with one attached hydrogen (secondary N) is 2. The van der Waals surface area contributed by atoms with E-state index in [0.717, 1.165) is 0 Å². The molecule has 2 amide bonds. The fourth-order valence-corrected chi connectivity index (χ4v) is 0.882. The van der Waals surface area contributed by atoms with Crippen molar-refractivity contribution < 1.29 is 19.2 Å². The van der Waals surface area contributed by atoms with E-state index in [1.807, 2.05) is 0 Å². The number of hydrogen-bond donors (Lipinski definition) is 3. The molecule has 0 saturated carbocycles. The summed E-state index contributed by atoms with van der Waals surface area (Å²) in [5, 5.41) is 16.7. The summed E-state index contributed by atoms with van der Waals surface area (Å²) in [6.07, 6.45) is 0. The highest BCUT2D eigenvalue weighted by atomic mass is 16.5. The van der Waals surface area contributed by atoms with Gasteiger partial charge in [-0.05, 0) is 6.92 Å². The second-order valence-electron chi connectivity index (χ2n) is 3.12. The standard InChI is InChI=1S/C8H12N4O4/c1-4(7(13)14)10-8(15)9-3-6-11-5(2)16-12-6/h4H,3H2,1-2H3,(H,13,14)(H2,9,10,15)/t4-/m0/s1. The van der Waals surface area contributed by atoms with Gasteiger partial charge in [0.15, 0.2) is 5.82 Å². The molecule has 1 heterocycles. The predicted molar refractivity (Wildman–Crippen MR) is 51.5 cm³/mol. The number of amides is 2. The van der Waals surface area contributed by atoms with Gasteiger partial charge in [-0.1, -0.05) is 5.16 Å². The molecule has 1 rings (SSSR count). The van der Waals surface area contributed by atoms with Crippen LogP contribution in [0.3, 0.4) is 0 Å². The minimum atomic E-state index is -1.11. The molecule has 0 aliphatic carbocycles. The Morgan fingerprint density at radius 2 is 2.25 bits per heavy atom. The number of aryl methyl sites for hydroxylation is 1. The summed E-state index contributed by atoms with van der Waals surface area (Å²) in [5.74, 6) is -0.378. The SMILES string of the molecule is Cc1nc(CNC(=O)N[C@@H](C)C(=O)O)no1. The van der Waals surface area contributed by atoms with Crippen LogP contribution in [-0.2, 0) is 11.3 Å². The van der Waals surface area contributed by atoms with Gasteiger partial charge < -0.3 is 20.3 Å². The van der Waals surface area contributed by atoms with Gasteiger partial charge in [0.05, 0.1) is 6.54 Å². The predicted octanol–water partition coefficient (Wildman–Crippen LogP) is -0.350. The van der Waals surface area contributed by atoms with Crippen molar-refractivity contribution in [3.63, 3.8) is 0 Å². The molecule has 3 N–H and O–H groups in total. The van der Waals surface area contributed by atoms with Crippen molar-refractivity contribution in [3.05, 3.63) is 11.7 Å². The number of urea groups is 1. The van der Waals surface area contributed by atoms with Crippen molar-refractivity contribution in [1.82, 2.24) is 20.8 Å². The molecular weight excluding hydrogens is 216 g/mol.